The largest absolute Gasteiger partial charge is 0.387 e. The third kappa shape index (κ3) is 4.63. The van der Waals surface area contributed by atoms with Crippen molar-refractivity contribution in [3.05, 3.63) is 0 Å². The Morgan fingerprint density at radius 3 is 2.31 bits per heavy atom. The maximum absolute atomic E-state index is 10.1. The van der Waals surface area contributed by atoms with Gasteiger partial charge in [-0.2, -0.15) is 0 Å². The molecule has 0 amide bonds. The highest BCUT2D eigenvalue weighted by atomic mass is 16.5. The number of hydrogen-bond acceptors (Lipinski definition) is 2. The molecule has 0 heterocycles. The molecule has 0 aromatic heterocycles. The standard InChI is InChI=1S/C11H24O2/c1-6-7-9(2)8-11(4,12)10(3)13-5/h9-10,12H,6-8H2,1-5H3. The number of hydrogen-bond donors (Lipinski definition) is 1. The lowest BCUT2D eigenvalue weighted by molar-refractivity contribution is -0.0846. The molecule has 3 unspecified atom stereocenters. The zero-order chi connectivity index (χ0) is 10.5. The quantitative estimate of drug-likeness (QED) is 0.694. The maximum Gasteiger partial charge on any atom is 0.0879 e. The van der Waals surface area contributed by atoms with Gasteiger partial charge in [-0.05, 0) is 26.2 Å². The Bertz CT molecular complexity index is 132. The van der Waals surface area contributed by atoms with Gasteiger partial charge in [-0.1, -0.05) is 26.7 Å². The van der Waals surface area contributed by atoms with Gasteiger partial charge in [0.05, 0.1) is 11.7 Å². The summed E-state index contributed by atoms with van der Waals surface area (Å²) in [6.45, 7) is 8.12. The zero-order valence-electron chi connectivity index (χ0n) is 9.63. The van der Waals surface area contributed by atoms with Crippen molar-refractivity contribution in [3.8, 4) is 0 Å². The molecule has 0 aliphatic rings. The third-order valence-electron chi connectivity index (χ3n) is 2.77. The van der Waals surface area contributed by atoms with Gasteiger partial charge in [-0.15, -0.1) is 0 Å². The van der Waals surface area contributed by atoms with Crippen LogP contribution < -0.4 is 0 Å². The molecule has 1 N–H and O–H groups in total. The van der Waals surface area contributed by atoms with Crippen LogP contribution in [0, 0.1) is 5.92 Å². The molecule has 0 aliphatic heterocycles. The van der Waals surface area contributed by atoms with Crippen LogP contribution in [0.3, 0.4) is 0 Å². The van der Waals surface area contributed by atoms with Crippen molar-refractivity contribution in [1.29, 1.82) is 0 Å². The molecule has 0 bridgehead atoms. The summed E-state index contributed by atoms with van der Waals surface area (Å²) in [4.78, 5) is 0. The summed E-state index contributed by atoms with van der Waals surface area (Å²) in [5, 5.41) is 10.1. The molecule has 0 fully saturated rings. The summed E-state index contributed by atoms with van der Waals surface area (Å²) in [6, 6.07) is 0. The van der Waals surface area contributed by atoms with E-state index in [1.54, 1.807) is 7.11 Å². The molecule has 2 nitrogen and oxygen atoms in total. The van der Waals surface area contributed by atoms with Crippen LogP contribution in [-0.4, -0.2) is 23.9 Å². The van der Waals surface area contributed by atoms with Gasteiger partial charge in [0.25, 0.3) is 0 Å². The van der Waals surface area contributed by atoms with Crippen molar-refractivity contribution in [3.63, 3.8) is 0 Å². The van der Waals surface area contributed by atoms with Crippen LogP contribution in [0.4, 0.5) is 0 Å². The van der Waals surface area contributed by atoms with Crippen LogP contribution in [0.5, 0.6) is 0 Å². The molecule has 0 radical (unpaired) electrons. The number of rotatable bonds is 6. The first kappa shape index (κ1) is 12.9. The predicted molar refractivity (Wildman–Crippen MR) is 55.8 cm³/mol. The Kier molecular flexibility index (Phi) is 5.57. The van der Waals surface area contributed by atoms with Crippen LogP contribution in [-0.2, 0) is 4.74 Å². The van der Waals surface area contributed by atoms with Crippen LogP contribution in [0.15, 0.2) is 0 Å². The highest BCUT2D eigenvalue weighted by Gasteiger charge is 2.29. The van der Waals surface area contributed by atoms with E-state index in [-0.39, 0.29) is 6.10 Å². The van der Waals surface area contributed by atoms with E-state index in [0.29, 0.717) is 5.92 Å². The minimum Gasteiger partial charge on any atom is -0.387 e. The number of methoxy groups -OCH3 is 1. The molecule has 0 saturated heterocycles. The molecule has 2 heteroatoms. The van der Waals surface area contributed by atoms with Gasteiger partial charge in [-0.3, -0.25) is 0 Å². The fraction of sp³-hybridized carbons (Fsp3) is 1.00. The molecule has 0 spiro atoms. The first-order chi connectivity index (χ1) is 5.94. The smallest absolute Gasteiger partial charge is 0.0879 e. The number of aliphatic hydroxyl groups is 1. The topological polar surface area (TPSA) is 29.5 Å². The average Bonchev–Trinajstić information content (AvgIpc) is 2.02. The highest BCUT2D eigenvalue weighted by Crippen LogP contribution is 2.24. The van der Waals surface area contributed by atoms with E-state index < -0.39 is 5.60 Å². The Morgan fingerprint density at radius 1 is 1.38 bits per heavy atom. The minimum atomic E-state index is -0.691. The molecule has 3 atom stereocenters. The van der Waals surface area contributed by atoms with Crippen molar-refractivity contribution in [2.75, 3.05) is 7.11 Å². The summed E-state index contributed by atoms with van der Waals surface area (Å²) in [6.07, 6.45) is 3.08. The van der Waals surface area contributed by atoms with E-state index in [0.717, 1.165) is 6.42 Å². The number of ether oxygens (including phenoxy) is 1. The second kappa shape index (κ2) is 5.61. The van der Waals surface area contributed by atoms with Crippen molar-refractivity contribution in [2.45, 2.75) is 58.7 Å². The summed E-state index contributed by atoms with van der Waals surface area (Å²) in [5.41, 5.74) is -0.691. The van der Waals surface area contributed by atoms with Crippen LogP contribution in [0.1, 0.15) is 47.0 Å². The van der Waals surface area contributed by atoms with Crippen LogP contribution in [0.2, 0.25) is 0 Å². The third-order valence-corrected chi connectivity index (χ3v) is 2.77. The van der Waals surface area contributed by atoms with Gasteiger partial charge in [0.15, 0.2) is 0 Å². The summed E-state index contributed by atoms with van der Waals surface area (Å²) in [5.74, 6) is 0.567. The lowest BCUT2D eigenvalue weighted by atomic mass is 9.87. The molecule has 13 heavy (non-hydrogen) atoms. The van der Waals surface area contributed by atoms with Crippen molar-refractivity contribution >= 4 is 0 Å². The lowest BCUT2D eigenvalue weighted by Gasteiger charge is -2.31. The Labute approximate surface area is 82.3 Å². The Balaban J connectivity index is 3.99. The fourth-order valence-corrected chi connectivity index (χ4v) is 1.72. The van der Waals surface area contributed by atoms with E-state index >= 15 is 0 Å². The molecule has 0 rings (SSSR count). The van der Waals surface area contributed by atoms with E-state index in [1.165, 1.54) is 12.8 Å². The lowest BCUT2D eigenvalue weighted by Crippen LogP contribution is -2.39. The van der Waals surface area contributed by atoms with Crippen molar-refractivity contribution in [1.82, 2.24) is 0 Å². The van der Waals surface area contributed by atoms with Crippen LogP contribution >= 0.6 is 0 Å². The Morgan fingerprint density at radius 2 is 1.92 bits per heavy atom. The summed E-state index contributed by atoms with van der Waals surface area (Å²) < 4.78 is 5.14. The van der Waals surface area contributed by atoms with Crippen molar-refractivity contribution in [2.24, 2.45) is 5.92 Å². The highest BCUT2D eigenvalue weighted by molar-refractivity contribution is 4.81. The van der Waals surface area contributed by atoms with Gasteiger partial charge < -0.3 is 9.84 Å². The molecule has 0 aliphatic carbocycles. The monoisotopic (exact) mass is 188 g/mol. The molecule has 0 saturated carbocycles. The average molecular weight is 188 g/mol. The first-order valence-corrected chi connectivity index (χ1v) is 5.19. The van der Waals surface area contributed by atoms with E-state index in [2.05, 4.69) is 13.8 Å². The Hall–Kier alpha value is -0.0800. The maximum atomic E-state index is 10.1. The van der Waals surface area contributed by atoms with Crippen LogP contribution in [0.25, 0.3) is 0 Å². The molecular weight excluding hydrogens is 164 g/mol. The van der Waals surface area contributed by atoms with E-state index in [1.807, 2.05) is 13.8 Å². The second-order valence-electron chi connectivity index (χ2n) is 4.33. The summed E-state index contributed by atoms with van der Waals surface area (Å²) in [7, 11) is 1.64. The first-order valence-electron chi connectivity index (χ1n) is 5.19. The molecule has 0 aromatic rings. The van der Waals surface area contributed by atoms with Gasteiger partial charge in [0.2, 0.25) is 0 Å². The van der Waals surface area contributed by atoms with Gasteiger partial charge in [0, 0.05) is 7.11 Å². The van der Waals surface area contributed by atoms with Gasteiger partial charge in [-0.25, -0.2) is 0 Å². The normalized spacial score (nSPS) is 20.8. The SMILES string of the molecule is CCCC(C)CC(C)(O)C(C)OC. The van der Waals surface area contributed by atoms with E-state index in [9.17, 15) is 5.11 Å². The van der Waals surface area contributed by atoms with E-state index in [4.69, 9.17) is 4.74 Å². The minimum absolute atomic E-state index is 0.0909. The van der Waals surface area contributed by atoms with Gasteiger partial charge >= 0.3 is 0 Å². The zero-order valence-corrected chi connectivity index (χ0v) is 9.63. The van der Waals surface area contributed by atoms with Gasteiger partial charge in [0.1, 0.15) is 0 Å². The summed E-state index contributed by atoms with van der Waals surface area (Å²) >= 11 is 0. The fourth-order valence-electron chi connectivity index (χ4n) is 1.72. The molecular formula is C11H24O2. The molecule has 0 aromatic carbocycles. The molecule has 80 valence electrons. The van der Waals surface area contributed by atoms with Crippen molar-refractivity contribution < 1.29 is 9.84 Å². The predicted octanol–water partition coefficient (Wildman–Crippen LogP) is 2.60. The second-order valence-corrected chi connectivity index (χ2v) is 4.33.